The van der Waals surface area contributed by atoms with E-state index in [1.54, 1.807) is 0 Å². The SMILES string of the molecule is Cc1c(C(F)(F)F)cnc(C(F)F)c1C=O. The third-order valence-corrected chi connectivity index (χ3v) is 2.05. The summed E-state index contributed by atoms with van der Waals surface area (Å²) in [6, 6.07) is 0. The first-order chi connectivity index (χ1) is 7.29. The van der Waals surface area contributed by atoms with Crippen LogP contribution in [0.5, 0.6) is 0 Å². The molecule has 0 saturated carbocycles. The van der Waals surface area contributed by atoms with Crippen molar-refractivity contribution >= 4 is 6.29 Å². The maximum Gasteiger partial charge on any atom is 0.418 e. The van der Waals surface area contributed by atoms with Crippen molar-refractivity contribution in [1.29, 1.82) is 0 Å². The lowest BCUT2D eigenvalue weighted by Gasteiger charge is -2.13. The first-order valence-corrected chi connectivity index (χ1v) is 4.09. The minimum absolute atomic E-state index is 0.0426. The zero-order chi connectivity index (χ0) is 12.5. The summed E-state index contributed by atoms with van der Waals surface area (Å²) in [5.41, 5.74) is -3.35. The highest BCUT2D eigenvalue weighted by atomic mass is 19.4. The van der Waals surface area contributed by atoms with Gasteiger partial charge in [-0.3, -0.25) is 9.78 Å². The third-order valence-electron chi connectivity index (χ3n) is 2.05. The topological polar surface area (TPSA) is 30.0 Å². The minimum atomic E-state index is -4.71. The molecule has 0 aliphatic rings. The summed E-state index contributed by atoms with van der Waals surface area (Å²) in [6.07, 6.45) is -7.53. The predicted octanol–water partition coefficient (Wildman–Crippen LogP) is 3.16. The lowest BCUT2D eigenvalue weighted by molar-refractivity contribution is -0.138. The van der Waals surface area contributed by atoms with Gasteiger partial charge in [0, 0.05) is 11.8 Å². The predicted molar refractivity (Wildman–Crippen MR) is 44.3 cm³/mol. The van der Waals surface area contributed by atoms with Gasteiger partial charge in [0.2, 0.25) is 0 Å². The molecule has 0 atom stereocenters. The highest BCUT2D eigenvalue weighted by Crippen LogP contribution is 2.34. The standard InChI is InChI=1S/C9H6F5NO/c1-4-5(3-16)7(8(10)11)15-2-6(4)9(12,13)14/h2-3,8H,1H3. The Labute approximate surface area is 87.1 Å². The van der Waals surface area contributed by atoms with Crippen LogP contribution in [-0.2, 0) is 6.18 Å². The van der Waals surface area contributed by atoms with E-state index in [0.29, 0.717) is 6.20 Å². The summed E-state index contributed by atoms with van der Waals surface area (Å²) < 4.78 is 61.7. The second-order valence-corrected chi connectivity index (χ2v) is 3.01. The van der Waals surface area contributed by atoms with Crippen molar-refractivity contribution in [3.05, 3.63) is 28.6 Å². The van der Waals surface area contributed by atoms with Crippen LogP contribution in [0.25, 0.3) is 0 Å². The lowest BCUT2D eigenvalue weighted by Crippen LogP contribution is -2.12. The van der Waals surface area contributed by atoms with Crippen molar-refractivity contribution in [3.8, 4) is 0 Å². The molecule has 0 spiro atoms. The molecule has 1 aromatic heterocycles. The van der Waals surface area contributed by atoms with E-state index in [1.807, 2.05) is 0 Å². The van der Waals surface area contributed by atoms with E-state index in [-0.39, 0.29) is 6.29 Å². The van der Waals surface area contributed by atoms with Crippen molar-refractivity contribution in [3.63, 3.8) is 0 Å². The van der Waals surface area contributed by atoms with Crippen LogP contribution in [0.2, 0.25) is 0 Å². The second kappa shape index (κ2) is 4.15. The Hall–Kier alpha value is -1.53. The number of aromatic nitrogens is 1. The van der Waals surface area contributed by atoms with Crippen LogP contribution in [0, 0.1) is 6.92 Å². The van der Waals surface area contributed by atoms with Gasteiger partial charge in [-0.15, -0.1) is 0 Å². The van der Waals surface area contributed by atoms with Crippen LogP contribution in [0.4, 0.5) is 22.0 Å². The number of hydrogen-bond donors (Lipinski definition) is 0. The van der Waals surface area contributed by atoms with Gasteiger partial charge < -0.3 is 0 Å². The van der Waals surface area contributed by atoms with E-state index < -0.39 is 35.0 Å². The van der Waals surface area contributed by atoms with E-state index >= 15 is 0 Å². The van der Waals surface area contributed by atoms with Crippen molar-refractivity contribution < 1.29 is 26.7 Å². The first-order valence-electron chi connectivity index (χ1n) is 4.09. The second-order valence-electron chi connectivity index (χ2n) is 3.01. The fraction of sp³-hybridized carbons (Fsp3) is 0.333. The van der Waals surface area contributed by atoms with E-state index in [1.165, 1.54) is 0 Å². The monoisotopic (exact) mass is 239 g/mol. The maximum absolute atomic E-state index is 12.4. The smallest absolute Gasteiger partial charge is 0.298 e. The fourth-order valence-electron chi connectivity index (χ4n) is 1.25. The molecular weight excluding hydrogens is 233 g/mol. The van der Waals surface area contributed by atoms with Gasteiger partial charge in [0.15, 0.2) is 6.29 Å². The molecule has 88 valence electrons. The molecule has 1 rings (SSSR count). The van der Waals surface area contributed by atoms with Crippen molar-refractivity contribution in [1.82, 2.24) is 4.98 Å². The number of carbonyl (C=O) groups is 1. The third kappa shape index (κ3) is 2.17. The molecule has 0 aliphatic heterocycles. The summed E-state index contributed by atoms with van der Waals surface area (Å²) in [4.78, 5) is 13.5. The number of halogens is 5. The van der Waals surface area contributed by atoms with Gasteiger partial charge in [-0.05, 0) is 12.5 Å². The molecule has 0 amide bonds. The molecule has 1 heterocycles. The number of alkyl halides is 5. The summed E-state index contributed by atoms with van der Waals surface area (Å²) in [7, 11) is 0. The Balaban J connectivity index is 3.46. The van der Waals surface area contributed by atoms with E-state index in [2.05, 4.69) is 4.98 Å². The van der Waals surface area contributed by atoms with Crippen molar-refractivity contribution in [2.75, 3.05) is 0 Å². The van der Waals surface area contributed by atoms with Crippen LogP contribution in [0.1, 0.15) is 33.6 Å². The average Bonchev–Trinajstić information content (AvgIpc) is 2.14. The summed E-state index contributed by atoms with van der Waals surface area (Å²) in [5, 5.41) is 0. The van der Waals surface area contributed by atoms with Gasteiger partial charge in [-0.2, -0.15) is 13.2 Å². The Morgan fingerprint density at radius 1 is 1.38 bits per heavy atom. The van der Waals surface area contributed by atoms with Gasteiger partial charge in [0.05, 0.1) is 5.56 Å². The van der Waals surface area contributed by atoms with Crippen LogP contribution >= 0.6 is 0 Å². The number of aldehydes is 1. The molecule has 0 unspecified atom stereocenters. The van der Waals surface area contributed by atoms with Crippen LogP contribution in [-0.4, -0.2) is 11.3 Å². The molecule has 0 saturated heterocycles. The first kappa shape index (κ1) is 12.5. The van der Waals surface area contributed by atoms with Gasteiger partial charge in [-0.25, -0.2) is 8.78 Å². The van der Waals surface area contributed by atoms with Gasteiger partial charge in [0.1, 0.15) is 5.69 Å². The lowest BCUT2D eigenvalue weighted by atomic mass is 10.0. The zero-order valence-electron chi connectivity index (χ0n) is 7.98. The van der Waals surface area contributed by atoms with Crippen molar-refractivity contribution in [2.45, 2.75) is 19.5 Å². The Kier molecular flexibility index (Phi) is 3.25. The van der Waals surface area contributed by atoms with Crippen molar-refractivity contribution in [2.24, 2.45) is 0 Å². The summed E-state index contributed by atoms with van der Waals surface area (Å²) in [5.74, 6) is 0. The molecule has 0 N–H and O–H groups in total. The van der Waals surface area contributed by atoms with Crippen LogP contribution < -0.4 is 0 Å². The number of nitrogens with zero attached hydrogens (tertiary/aromatic N) is 1. The molecule has 0 fully saturated rings. The molecule has 0 bridgehead atoms. The van der Waals surface area contributed by atoms with Gasteiger partial charge >= 0.3 is 6.18 Å². The van der Waals surface area contributed by atoms with Gasteiger partial charge in [0.25, 0.3) is 6.43 Å². The van der Waals surface area contributed by atoms with E-state index in [4.69, 9.17) is 0 Å². The largest absolute Gasteiger partial charge is 0.418 e. The Morgan fingerprint density at radius 2 is 1.94 bits per heavy atom. The molecule has 0 radical (unpaired) electrons. The maximum atomic E-state index is 12.4. The number of carbonyl (C=O) groups excluding carboxylic acids is 1. The Bertz CT molecular complexity index is 413. The van der Waals surface area contributed by atoms with E-state index in [0.717, 1.165) is 6.92 Å². The molecular formula is C9H6F5NO. The molecule has 0 aliphatic carbocycles. The quantitative estimate of drug-likeness (QED) is 0.586. The number of rotatable bonds is 2. The number of pyridine rings is 1. The molecule has 2 nitrogen and oxygen atoms in total. The number of hydrogen-bond acceptors (Lipinski definition) is 2. The molecule has 0 aromatic carbocycles. The zero-order valence-corrected chi connectivity index (χ0v) is 7.98. The van der Waals surface area contributed by atoms with Crippen LogP contribution in [0.3, 0.4) is 0 Å². The Morgan fingerprint density at radius 3 is 2.31 bits per heavy atom. The molecule has 16 heavy (non-hydrogen) atoms. The van der Waals surface area contributed by atoms with E-state index in [9.17, 15) is 26.7 Å². The highest BCUT2D eigenvalue weighted by molar-refractivity contribution is 5.79. The normalized spacial score (nSPS) is 11.9. The molecule has 7 heteroatoms. The average molecular weight is 239 g/mol. The minimum Gasteiger partial charge on any atom is -0.298 e. The highest BCUT2D eigenvalue weighted by Gasteiger charge is 2.35. The molecule has 1 aromatic rings. The summed E-state index contributed by atoms with van der Waals surface area (Å²) >= 11 is 0. The van der Waals surface area contributed by atoms with Gasteiger partial charge in [-0.1, -0.05) is 0 Å². The van der Waals surface area contributed by atoms with Crippen LogP contribution in [0.15, 0.2) is 6.20 Å². The summed E-state index contributed by atoms with van der Waals surface area (Å²) in [6.45, 7) is 0.958. The fourth-order valence-corrected chi connectivity index (χ4v) is 1.25.